The molecule has 1 aliphatic carbocycles. The summed E-state index contributed by atoms with van der Waals surface area (Å²) < 4.78 is 0. The molecule has 2 N–H and O–H groups in total. The number of unbranched alkanes of at least 4 members (excludes halogenated alkanes) is 1. The summed E-state index contributed by atoms with van der Waals surface area (Å²) in [4.78, 5) is 15.1. The van der Waals surface area contributed by atoms with Crippen LogP contribution in [-0.2, 0) is 0 Å². The van der Waals surface area contributed by atoms with E-state index in [-0.39, 0.29) is 6.03 Å². The molecule has 2 saturated heterocycles. The standard InChI is InChI=1S/C19H35N3O/c1-2-3-12-22-17-10-7-11-18(22)14-16(13-17)21-19(23)20-15-8-5-4-6-9-15/h15-18H,2-14H2,1H3,(H2,20,21,23)/t17-,18-/m1/s1. The Bertz CT molecular complexity index is 367. The molecule has 0 spiro atoms. The highest BCUT2D eigenvalue weighted by molar-refractivity contribution is 5.74. The summed E-state index contributed by atoms with van der Waals surface area (Å²) in [6, 6.07) is 2.28. The minimum Gasteiger partial charge on any atom is -0.335 e. The summed E-state index contributed by atoms with van der Waals surface area (Å²) in [5.41, 5.74) is 0. The van der Waals surface area contributed by atoms with Crippen molar-refractivity contribution in [1.29, 1.82) is 0 Å². The Morgan fingerprint density at radius 1 is 0.913 bits per heavy atom. The molecule has 0 aromatic carbocycles. The zero-order valence-corrected chi connectivity index (χ0v) is 14.9. The van der Waals surface area contributed by atoms with E-state index in [0.29, 0.717) is 24.2 Å². The van der Waals surface area contributed by atoms with Crippen molar-refractivity contribution in [2.45, 2.75) is 108 Å². The Labute approximate surface area is 141 Å². The Hall–Kier alpha value is -0.770. The second-order valence-corrected chi connectivity index (χ2v) is 7.95. The van der Waals surface area contributed by atoms with E-state index < -0.39 is 0 Å². The van der Waals surface area contributed by atoms with Crippen LogP contribution in [0.25, 0.3) is 0 Å². The summed E-state index contributed by atoms with van der Waals surface area (Å²) in [5.74, 6) is 0. The fourth-order valence-corrected chi connectivity index (χ4v) is 4.96. The monoisotopic (exact) mass is 321 g/mol. The van der Waals surface area contributed by atoms with Crippen LogP contribution in [0.4, 0.5) is 4.79 Å². The molecule has 3 rings (SSSR count). The Morgan fingerprint density at radius 3 is 2.22 bits per heavy atom. The lowest BCUT2D eigenvalue weighted by molar-refractivity contribution is 0.0256. The highest BCUT2D eigenvalue weighted by Gasteiger charge is 2.38. The van der Waals surface area contributed by atoms with Gasteiger partial charge in [-0.25, -0.2) is 4.79 Å². The predicted octanol–water partition coefficient (Wildman–Crippen LogP) is 3.80. The molecule has 2 heterocycles. The third-order valence-corrected chi connectivity index (χ3v) is 6.17. The maximum atomic E-state index is 12.3. The van der Waals surface area contributed by atoms with Crippen molar-refractivity contribution in [1.82, 2.24) is 15.5 Å². The number of carbonyl (C=O) groups is 1. The molecule has 4 heteroatoms. The van der Waals surface area contributed by atoms with E-state index in [2.05, 4.69) is 22.5 Å². The van der Waals surface area contributed by atoms with E-state index in [0.717, 1.165) is 25.7 Å². The quantitative estimate of drug-likeness (QED) is 0.809. The summed E-state index contributed by atoms with van der Waals surface area (Å²) in [6.45, 7) is 3.53. The maximum Gasteiger partial charge on any atom is 0.315 e. The molecule has 4 nitrogen and oxygen atoms in total. The van der Waals surface area contributed by atoms with E-state index in [9.17, 15) is 4.79 Å². The van der Waals surface area contributed by atoms with Gasteiger partial charge in [0.15, 0.2) is 0 Å². The van der Waals surface area contributed by atoms with Gasteiger partial charge in [0, 0.05) is 24.2 Å². The second-order valence-electron chi connectivity index (χ2n) is 7.95. The number of hydrogen-bond acceptors (Lipinski definition) is 2. The van der Waals surface area contributed by atoms with Gasteiger partial charge in [0.25, 0.3) is 0 Å². The summed E-state index contributed by atoms with van der Waals surface area (Å²) in [6.07, 6.45) is 15.1. The fourth-order valence-electron chi connectivity index (χ4n) is 4.96. The van der Waals surface area contributed by atoms with Gasteiger partial charge in [-0.2, -0.15) is 0 Å². The molecule has 1 saturated carbocycles. The normalized spacial score (nSPS) is 32.5. The van der Waals surface area contributed by atoms with Crippen molar-refractivity contribution >= 4 is 6.03 Å². The van der Waals surface area contributed by atoms with Gasteiger partial charge in [0.2, 0.25) is 0 Å². The number of amides is 2. The molecule has 3 aliphatic rings. The third kappa shape index (κ3) is 4.62. The van der Waals surface area contributed by atoms with Gasteiger partial charge < -0.3 is 10.6 Å². The van der Waals surface area contributed by atoms with Crippen molar-refractivity contribution in [2.75, 3.05) is 6.54 Å². The SMILES string of the molecule is CCCCN1[C@@H]2CCC[C@@H]1CC(NC(=O)NC1CCCCC1)C2. The highest BCUT2D eigenvalue weighted by atomic mass is 16.2. The average molecular weight is 322 g/mol. The van der Waals surface area contributed by atoms with Crippen molar-refractivity contribution in [3.8, 4) is 0 Å². The van der Waals surface area contributed by atoms with Crippen LogP contribution in [0.2, 0.25) is 0 Å². The van der Waals surface area contributed by atoms with Crippen LogP contribution in [0.15, 0.2) is 0 Å². The number of rotatable bonds is 5. The third-order valence-electron chi connectivity index (χ3n) is 6.17. The average Bonchev–Trinajstić information content (AvgIpc) is 2.53. The topological polar surface area (TPSA) is 44.4 Å². The Morgan fingerprint density at radius 2 is 1.57 bits per heavy atom. The predicted molar refractivity (Wildman–Crippen MR) is 94.6 cm³/mol. The van der Waals surface area contributed by atoms with E-state index >= 15 is 0 Å². The maximum absolute atomic E-state index is 12.3. The minimum atomic E-state index is 0.0852. The van der Waals surface area contributed by atoms with Crippen LogP contribution < -0.4 is 10.6 Å². The minimum absolute atomic E-state index is 0.0852. The van der Waals surface area contributed by atoms with Crippen LogP contribution in [-0.4, -0.2) is 41.6 Å². The van der Waals surface area contributed by atoms with E-state index in [1.807, 2.05) is 0 Å². The molecule has 0 aromatic rings. The molecular weight excluding hydrogens is 286 g/mol. The van der Waals surface area contributed by atoms with Gasteiger partial charge in [-0.05, 0) is 51.5 Å². The van der Waals surface area contributed by atoms with Gasteiger partial charge in [-0.1, -0.05) is 39.0 Å². The first-order chi connectivity index (χ1) is 11.3. The van der Waals surface area contributed by atoms with Crippen molar-refractivity contribution in [3.63, 3.8) is 0 Å². The van der Waals surface area contributed by atoms with E-state index in [4.69, 9.17) is 0 Å². The summed E-state index contributed by atoms with van der Waals surface area (Å²) in [7, 11) is 0. The van der Waals surface area contributed by atoms with Gasteiger partial charge in [-0.15, -0.1) is 0 Å². The van der Waals surface area contributed by atoms with E-state index in [1.54, 1.807) is 0 Å². The smallest absolute Gasteiger partial charge is 0.315 e. The number of nitrogens with zero attached hydrogens (tertiary/aromatic N) is 1. The number of hydrogen-bond donors (Lipinski definition) is 2. The van der Waals surface area contributed by atoms with Gasteiger partial charge in [0.05, 0.1) is 0 Å². The molecule has 0 aromatic heterocycles. The van der Waals surface area contributed by atoms with Crippen molar-refractivity contribution in [3.05, 3.63) is 0 Å². The van der Waals surface area contributed by atoms with Crippen LogP contribution in [0.5, 0.6) is 0 Å². The lowest BCUT2D eigenvalue weighted by Gasteiger charge is -2.49. The molecule has 0 unspecified atom stereocenters. The van der Waals surface area contributed by atoms with Gasteiger partial charge >= 0.3 is 6.03 Å². The van der Waals surface area contributed by atoms with E-state index in [1.165, 1.54) is 57.9 Å². The molecule has 2 atom stereocenters. The lowest BCUT2D eigenvalue weighted by atomic mass is 9.81. The number of urea groups is 1. The Kier molecular flexibility index (Phi) is 6.21. The summed E-state index contributed by atoms with van der Waals surface area (Å²) >= 11 is 0. The Balaban J connectivity index is 1.47. The lowest BCUT2D eigenvalue weighted by Crippen LogP contribution is -2.58. The zero-order chi connectivity index (χ0) is 16.1. The van der Waals surface area contributed by atoms with Crippen LogP contribution >= 0.6 is 0 Å². The zero-order valence-electron chi connectivity index (χ0n) is 14.9. The first-order valence-corrected chi connectivity index (χ1v) is 10.1. The van der Waals surface area contributed by atoms with Gasteiger partial charge in [-0.3, -0.25) is 4.90 Å². The highest BCUT2D eigenvalue weighted by Crippen LogP contribution is 2.34. The van der Waals surface area contributed by atoms with Crippen LogP contribution in [0.1, 0.15) is 84.0 Å². The molecule has 0 radical (unpaired) electrons. The molecule has 3 fully saturated rings. The first-order valence-electron chi connectivity index (χ1n) is 10.1. The second kappa shape index (κ2) is 8.36. The largest absolute Gasteiger partial charge is 0.335 e. The summed E-state index contributed by atoms with van der Waals surface area (Å²) in [5, 5.41) is 6.51. The molecule has 2 amide bonds. The molecule has 2 bridgehead atoms. The van der Waals surface area contributed by atoms with Gasteiger partial charge in [0.1, 0.15) is 0 Å². The molecule has 23 heavy (non-hydrogen) atoms. The molecule has 132 valence electrons. The molecule has 2 aliphatic heterocycles. The van der Waals surface area contributed by atoms with Crippen molar-refractivity contribution < 1.29 is 4.79 Å². The first kappa shape index (κ1) is 17.1. The van der Waals surface area contributed by atoms with Crippen LogP contribution in [0, 0.1) is 0 Å². The number of nitrogens with one attached hydrogen (secondary N) is 2. The fraction of sp³-hybridized carbons (Fsp3) is 0.947. The number of carbonyl (C=O) groups excluding carboxylic acids is 1. The number of fused-ring (bicyclic) bond motifs is 2. The number of piperidine rings is 2. The van der Waals surface area contributed by atoms with Crippen molar-refractivity contribution in [2.24, 2.45) is 0 Å². The molecular formula is C19H35N3O. The van der Waals surface area contributed by atoms with Crippen LogP contribution in [0.3, 0.4) is 0 Å².